The molecular weight excluding hydrogens is 297 g/mol. The summed E-state index contributed by atoms with van der Waals surface area (Å²) in [4.78, 5) is 25.0. The molecule has 3 rings (SSSR count). The molecule has 1 N–H and O–H groups in total. The third-order valence-electron chi connectivity index (χ3n) is 4.46. The molecular formula is C17H20FN3O2. The van der Waals surface area contributed by atoms with Gasteiger partial charge in [0.05, 0.1) is 5.52 Å². The summed E-state index contributed by atoms with van der Waals surface area (Å²) in [7, 11) is 1.62. The van der Waals surface area contributed by atoms with Gasteiger partial charge >= 0.3 is 5.69 Å². The van der Waals surface area contributed by atoms with E-state index >= 15 is 0 Å². The predicted molar refractivity (Wildman–Crippen MR) is 86.8 cm³/mol. The predicted octanol–water partition coefficient (Wildman–Crippen LogP) is 2.57. The molecule has 6 heteroatoms. The molecule has 0 spiro atoms. The number of carbonyl (C=O) groups is 1. The molecule has 1 atom stereocenters. The number of piperidine rings is 1. The number of rotatable bonds is 2. The summed E-state index contributed by atoms with van der Waals surface area (Å²) in [5, 5.41) is 2.66. The zero-order chi connectivity index (χ0) is 16.9. The second-order valence-corrected chi connectivity index (χ2v) is 6.35. The first-order valence-corrected chi connectivity index (χ1v) is 7.71. The van der Waals surface area contributed by atoms with Crippen molar-refractivity contribution < 1.29 is 9.18 Å². The Kier molecular flexibility index (Phi) is 3.62. The number of hydrogen-bond donors (Lipinski definition) is 1. The highest BCUT2D eigenvalue weighted by Gasteiger charge is 2.31. The molecule has 1 aromatic carbocycles. The average molecular weight is 317 g/mol. The summed E-state index contributed by atoms with van der Waals surface area (Å²) in [5.74, 6) is -0.663. The Morgan fingerprint density at radius 3 is 2.61 bits per heavy atom. The van der Waals surface area contributed by atoms with Gasteiger partial charge in [-0.05, 0) is 30.4 Å². The lowest BCUT2D eigenvalue weighted by Crippen LogP contribution is -2.40. The highest BCUT2D eigenvalue weighted by atomic mass is 19.1. The van der Waals surface area contributed by atoms with Crippen LogP contribution in [0, 0.1) is 5.82 Å². The Balaban J connectivity index is 2.32. The van der Waals surface area contributed by atoms with Crippen molar-refractivity contribution >= 4 is 16.9 Å². The van der Waals surface area contributed by atoms with Gasteiger partial charge in [-0.3, -0.25) is 13.9 Å². The van der Waals surface area contributed by atoms with E-state index in [0.29, 0.717) is 24.1 Å². The van der Waals surface area contributed by atoms with Gasteiger partial charge in [0.25, 0.3) is 0 Å². The molecule has 0 radical (unpaired) electrons. The van der Waals surface area contributed by atoms with E-state index in [2.05, 4.69) is 11.9 Å². The maximum absolute atomic E-state index is 14.5. The SMILES string of the molecule is C=C1CCC(n2c(=O)n(C)c3c(C(C)C)ccc(F)c32)C(=O)N1. The van der Waals surface area contributed by atoms with Crippen molar-refractivity contribution in [3.05, 3.63) is 46.3 Å². The Labute approximate surface area is 133 Å². The number of fused-ring (bicyclic) bond motifs is 1. The molecule has 0 aliphatic carbocycles. The van der Waals surface area contributed by atoms with Crippen LogP contribution < -0.4 is 11.0 Å². The van der Waals surface area contributed by atoms with Crippen molar-refractivity contribution in [2.45, 2.75) is 38.6 Å². The number of aromatic nitrogens is 2. The molecule has 1 fully saturated rings. The molecule has 0 bridgehead atoms. The van der Waals surface area contributed by atoms with Gasteiger partial charge in [-0.15, -0.1) is 0 Å². The summed E-state index contributed by atoms with van der Waals surface area (Å²) in [6.07, 6.45) is 1.01. The first-order chi connectivity index (χ1) is 10.8. The number of imidazole rings is 1. The van der Waals surface area contributed by atoms with E-state index in [1.54, 1.807) is 13.1 Å². The third kappa shape index (κ3) is 2.29. The molecule has 23 heavy (non-hydrogen) atoms. The van der Waals surface area contributed by atoms with Gasteiger partial charge < -0.3 is 5.32 Å². The van der Waals surface area contributed by atoms with Gasteiger partial charge in [0, 0.05) is 12.7 Å². The summed E-state index contributed by atoms with van der Waals surface area (Å²) in [5.41, 5.74) is 1.90. The maximum Gasteiger partial charge on any atom is 0.329 e. The zero-order valence-electron chi connectivity index (χ0n) is 13.5. The zero-order valence-corrected chi connectivity index (χ0v) is 13.5. The number of benzene rings is 1. The van der Waals surface area contributed by atoms with Gasteiger partial charge in [0.15, 0.2) is 0 Å². The number of hydrogen-bond acceptors (Lipinski definition) is 2. The summed E-state index contributed by atoms with van der Waals surface area (Å²) in [6.45, 7) is 7.72. The van der Waals surface area contributed by atoms with E-state index in [9.17, 15) is 14.0 Å². The van der Waals surface area contributed by atoms with Crippen molar-refractivity contribution in [3.63, 3.8) is 0 Å². The van der Waals surface area contributed by atoms with Crippen LogP contribution in [-0.4, -0.2) is 15.0 Å². The quantitative estimate of drug-likeness (QED) is 0.925. The molecule has 2 aromatic rings. The lowest BCUT2D eigenvalue weighted by atomic mass is 10.0. The molecule has 0 saturated carbocycles. The Morgan fingerprint density at radius 2 is 2.00 bits per heavy atom. The number of amides is 1. The Hall–Kier alpha value is -2.37. The number of carbonyl (C=O) groups excluding carboxylic acids is 1. The fraction of sp³-hybridized carbons (Fsp3) is 0.412. The normalized spacial score (nSPS) is 18.7. The van der Waals surface area contributed by atoms with Crippen LogP contribution in [0.3, 0.4) is 0 Å². The van der Waals surface area contributed by atoms with Crippen LogP contribution in [0.2, 0.25) is 0 Å². The summed E-state index contributed by atoms with van der Waals surface area (Å²) in [6, 6.07) is 2.36. The number of halogens is 1. The topological polar surface area (TPSA) is 56.0 Å². The molecule has 1 aliphatic heterocycles. The fourth-order valence-electron chi connectivity index (χ4n) is 3.27. The molecule has 1 aromatic heterocycles. The smallest absolute Gasteiger partial charge is 0.329 e. The highest BCUT2D eigenvalue weighted by Crippen LogP contribution is 2.30. The number of nitrogens with zero attached hydrogens (tertiary/aromatic N) is 2. The summed E-state index contributed by atoms with van der Waals surface area (Å²) < 4.78 is 17.2. The molecule has 122 valence electrons. The number of nitrogens with one attached hydrogen (secondary N) is 1. The maximum atomic E-state index is 14.5. The van der Waals surface area contributed by atoms with Crippen LogP contribution in [0.4, 0.5) is 4.39 Å². The number of aryl methyl sites for hydroxylation is 1. The van der Waals surface area contributed by atoms with Crippen molar-refractivity contribution in [2.24, 2.45) is 7.05 Å². The van der Waals surface area contributed by atoms with E-state index in [1.165, 1.54) is 15.2 Å². The molecule has 1 amide bonds. The van der Waals surface area contributed by atoms with Gasteiger partial charge in [0.2, 0.25) is 5.91 Å². The van der Waals surface area contributed by atoms with E-state index in [4.69, 9.17) is 0 Å². The monoisotopic (exact) mass is 317 g/mol. The lowest BCUT2D eigenvalue weighted by molar-refractivity contribution is -0.124. The van der Waals surface area contributed by atoms with Gasteiger partial charge in [0.1, 0.15) is 17.4 Å². The summed E-state index contributed by atoms with van der Waals surface area (Å²) >= 11 is 0. The molecule has 2 heterocycles. The van der Waals surface area contributed by atoms with Crippen LogP contribution in [0.25, 0.3) is 11.0 Å². The molecule has 1 saturated heterocycles. The van der Waals surface area contributed by atoms with Gasteiger partial charge in [-0.2, -0.15) is 0 Å². The van der Waals surface area contributed by atoms with Crippen molar-refractivity contribution in [1.82, 2.24) is 14.5 Å². The minimum atomic E-state index is -0.714. The fourth-order valence-corrected chi connectivity index (χ4v) is 3.27. The third-order valence-corrected chi connectivity index (χ3v) is 4.46. The standard InChI is InChI=1S/C17H20FN3O2/c1-9(2)11-6-7-12(18)15-14(11)20(4)17(23)21(15)13-8-5-10(3)19-16(13)22/h6-7,9,13H,3,5,8H2,1-2,4H3,(H,19,22). The van der Waals surface area contributed by atoms with E-state index in [-0.39, 0.29) is 23.0 Å². The van der Waals surface area contributed by atoms with Crippen LogP contribution >= 0.6 is 0 Å². The van der Waals surface area contributed by atoms with Crippen LogP contribution in [-0.2, 0) is 11.8 Å². The molecule has 5 nitrogen and oxygen atoms in total. The van der Waals surface area contributed by atoms with Gasteiger partial charge in [-0.1, -0.05) is 26.5 Å². The van der Waals surface area contributed by atoms with E-state index < -0.39 is 11.9 Å². The average Bonchev–Trinajstić information content (AvgIpc) is 2.73. The number of allylic oxidation sites excluding steroid dienone is 1. The minimum Gasteiger partial charge on any atom is -0.329 e. The van der Waals surface area contributed by atoms with E-state index in [0.717, 1.165) is 5.56 Å². The Bertz CT molecular complexity index is 876. The Morgan fingerprint density at radius 1 is 1.30 bits per heavy atom. The second kappa shape index (κ2) is 5.37. The van der Waals surface area contributed by atoms with Crippen LogP contribution in [0.5, 0.6) is 0 Å². The molecule has 1 aliphatic rings. The van der Waals surface area contributed by atoms with Crippen molar-refractivity contribution in [2.75, 3.05) is 0 Å². The van der Waals surface area contributed by atoms with Gasteiger partial charge in [-0.25, -0.2) is 9.18 Å². The first kappa shape index (κ1) is 15.5. The van der Waals surface area contributed by atoms with Crippen LogP contribution in [0.15, 0.2) is 29.2 Å². The van der Waals surface area contributed by atoms with Crippen LogP contribution in [0.1, 0.15) is 44.2 Å². The second-order valence-electron chi connectivity index (χ2n) is 6.35. The largest absolute Gasteiger partial charge is 0.329 e. The van der Waals surface area contributed by atoms with Crippen molar-refractivity contribution in [3.8, 4) is 0 Å². The molecule has 1 unspecified atom stereocenters. The highest BCUT2D eigenvalue weighted by molar-refractivity contribution is 5.87. The first-order valence-electron chi connectivity index (χ1n) is 7.71. The lowest BCUT2D eigenvalue weighted by Gasteiger charge is -2.24. The van der Waals surface area contributed by atoms with Crippen molar-refractivity contribution in [1.29, 1.82) is 0 Å². The minimum absolute atomic E-state index is 0.138. The van der Waals surface area contributed by atoms with E-state index in [1.807, 2.05) is 13.8 Å².